The number of aliphatic hydroxyl groups excluding tert-OH is 1. The Morgan fingerprint density at radius 1 is 1.14 bits per heavy atom. The molecule has 0 aliphatic heterocycles. The first-order valence-electron chi connectivity index (χ1n) is 6.76. The molecule has 1 heterocycles. The van der Waals surface area contributed by atoms with Crippen LogP contribution in [-0.2, 0) is 6.54 Å². The van der Waals surface area contributed by atoms with Gasteiger partial charge in [-0.3, -0.25) is 4.98 Å². The fourth-order valence-corrected chi connectivity index (χ4v) is 2.16. The van der Waals surface area contributed by atoms with Crippen molar-refractivity contribution in [3.05, 3.63) is 65.5 Å². The number of aliphatic hydroxyl groups is 1. The monoisotopic (exact) mass is 292 g/mol. The molecule has 0 saturated heterocycles. The summed E-state index contributed by atoms with van der Waals surface area (Å²) in [4.78, 5) is 5.99. The Kier molecular flexibility index (Phi) is 5.36. The molecule has 5 heteroatoms. The summed E-state index contributed by atoms with van der Waals surface area (Å²) >= 11 is 0. The predicted molar refractivity (Wildman–Crippen MR) is 76.5 cm³/mol. The van der Waals surface area contributed by atoms with Crippen LogP contribution in [0.3, 0.4) is 0 Å². The number of nitrogens with zero attached hydrogens (tertiary/aromatic N) is 2. The summed E-state index contributed by atoms with van der Waals surface area (Å²) in [5, 5.41) is 10.0. The van der Waals surface area contributed by atoms with Gasteiger partial charge in [-0.2, -0.15) is 0 Å². The highest BCUT2D eigenvalue weighted by molar-refractivity contribution is 5.20. The van der Waals surface area contributed by atoms with Gasteiger partial charge in [0.1, 0.15) is 11.6 Å². The van der Waals surface area contributed by atoms with Crippen LogP contribution in [0.2, 0.25) is 0 Å². The third kappa shape index (κ3) is 4.88. The lowest BCUT2D eigenvalue weighted by Crippen LogP contribution is -2.21. The van der Waals surface area contributed by atoms with Crippen LogP contribution in [0.15, 0.2) is 42.7 Å². The lowest BCUT2D eigenvalue weighted by Gasteiger charge is -2.19. The Hall–Kier alpha value is -1.85. The minimum absolute atomic E-state index is 0.268. The molecule has 0 fully saturated rings. The Bertz CT molecular complexity index is 557. The highest BCUT2D eigenvalue weighted by Gasteiger charge is 2.12. The van der Waals surface area contributed by atoms with Gasteiger partial charge in [-0.25, -0.2) is 8.78 Å². The summed E-state index contributed by atoms with van der Waals surface area (Å²) in [5.74, 6) is -1.34. The van der Waals surface area contributed by atoms with Gasteiger partial charge in [0.2, 0.25) is 0 Å². The van der Waals surface area contributed by atoms with Gasteiger partial charge in [-0.15, -0.1) is 0 Å². The Labute approximate surface area is 122 Å². The number of benzene rings is 1. The van der Waals surface area contributed by atoms with E-state index < -0.39 is 17.7 Å². The summed E-state index contributed by atoms with van der Waals surface area (Å²) in [7, 11) is 1.93. The molecule has 0 bridgehead atoms. The van der Waals surface area contributed by atoms with E-state index in [4.69, 9.17) is 0 Å². The van der Waals surface area contributed by atoms with E-state index in [1.165, 1.54) is 0 Å². The summed E-state index contributed by atoms with van der Waals surface area (Å²) in [5.41, 5.74) is 1.39. The topological polar surface area (TPSA) is 36.4 Å². The number of rotatable bonds is 6. The maximum Gasteiger partial charge on any atom is 0.126 e. The molecule has 0 aliphatic carbocycles. The summed E-state index contributed by atoms with van der Waals surface area (Å²) in [6.07, 6.45) is 2.99. The minimum atomic E-state index is -0.880. The molecule has 0 aliphatic rings. The molecule has 2 aromatic rings. The van der Waals surface area contributed by atoms with Crippen LogP contribution >= 0.6 is 0 Å². The second kappa shape index (κ2) is 7.24. The van der Waals surface area contributed by atoms with Gasteiger partial charge in [-0.1, -0.05) is 0 Å². The van der Waals surface area contributed by atoms with E-state index in [1.54, 1.807) is 12.4 Å². The maximum absolute atomic E-state index is 13.1. The lowest BCUT2D eigenvalue weighted by atomic mass is 10.1. The average Bonchev–Trinajstić information content (AvgIpc) is 2.45. The summed E-state index contributed by atoms with van der Waals surface area (Å²) in [6, 6.07) is 6.97. The smallest absolute Gasteiger partial charge is 0.126 e. The van der Waals surface area contributed by atoms with Crippen LogP contribution in [0.25, 0.3) is 0 Å². The predicted octanol–water partition coefficient (Wildman–Crippen LogP) is 2.92. The fourth-order valence-electron chi connectivity index (χ4n) is 2.16. The van der Waals surface area contributed by atoms with Crippen LogP contribution in [-0.4, -0.2) is 28.6 Å². The Morgan fingerprint density at radius 2 is 1.76 bits per heavy atom. The zero-order valence-corrected chi connectivity index (χ0v) is 11.8. The number of halogens is 2. The number of pyridine rings is 1. The van der Waals surface area contributed by atoms with E-state index in [9.17, 15) is 13.9 Å². The third-order valence-corrected chi connectivity index (χ3v) is 3.26. The molecule has 0 spiro atoms. The van der Waals surface area contributed by atoms with E-state index >= 15 is 0 Å². The van der Waals surface area contributed by atoms with Crippen LogP contribution < -0.4 is 0 Å². The third-order valence-electron chi connectivity index (χ3n) is 3.26. The van der Waals surface area contributed by atoms with Crippen molar-refractivity contribution >= 4 is 0 Å². The SMILES string of the molecule is CN(CCC(O)c1cc(F)cc(F)c1)Cc1ccncc1. The van der Waals surface area contributed by atoms with Crippen LogP contribution in [0, 0.1) is 11.6 Å². The molecule has 0 amide bonds. The van der Waals surface area contributed by atoms with E-state index in [0.29, 0.717) is 13.0 Å². The number of hydrogen-bond donors (Lipinski definition) is 1. The highest BCUT2D eigenvalue weighted by atomic mass is 19.1. The molecule has 3 nitrogen and oxygen atoms in total. The zero-order chi connectivity index (χ0) is 15.2. The van der Waals surface area contributed by atoms with Gasteiger partial charge in [-0.05, 0) is 48.9 Å². The Morgan fingerprint density at radius 3 is 2.38 bits per heavy atom. The van der Waals surface area contributed by atoms with Crippen molar-refractivity contribution in [1.29, 1.82) is 0 Å². The van der Waals surface area contributed by atoms with Crippen LogP contribution in [0.4, 0.5) is 8.78 Å². The Balaban J connectivity index is 1.87. The molecule has 0 saturated carbocycles. The van der Waals surface area contributed by atoms with Gasteiger partial charge in [0.25, 0.3) is 0 Å². The second-order valence-electron chi connectivity index (χ2n) is 5.10. The van der Waals surface area contributed by atoms with E-state index in [2.05, 4.69) is 4.98 Å². The van der Waals surface area contributed by atoms with Gasteiger partial charge in [0.05, 0.1) is 6.10 Å². The average molecular weight is 292 g/mol. The van der Waals surface area contributed by atoms with Crippen molar-refractivity contribution in [3.8, 4) is 0 Å². The number of aromatic nitrogens is 1. The van der Waals surface area contributed by atoms with Crippen molar-refractivity contribution in [2.24, 2.45) is 0 Å². The molecule has 1 unspecified atom stereocenters. The molecule has 2 rings (SSSR count). The quantitative estimate of drug-likeness (QED) is 0.889. The van der Waals surface area contributed by atoms with Crippen molar-refractivity contribution < 1.29 is 13.9 Å². The molecule has 1 aromatic heterocycles. The molecular formula is C16H18F2N2O. The lowest BCUT2D eigenvalue weighted by molar-refractivity contribution is 0.147. The normalized spacial score (nSPS) is 12.6. The largest absolute Gasteiger partial charge is 0.388 e. The molecule has 0 radical (unpaired) electrons. The van der Waals surface area contributed by atoms with Crippen LogP contribution in [0.5, 0.6) is 0 Å². The van der Waals surface area contributed by atoms with Gasteiger partial charge in [0.15, 0.2) is 0 Å². The van der Waals surface area contributed by atoms with Gasteiger partial charge >= 0.3 is 0 Å². The zero-order valence-electron chi connectivity index (χ0n) is 11.8. The molecule has 1 N–H and O–H groups in total. The molecule has 1 aromatic carbocycles. The summed E-state index contributed by atoms with van der Waals surface area (Å²) < 4.78 is 26.2. The first-order valence-corrected chi connectivity index (χ1v) is 6.76. The van der Waals surface area contributed by atoms with E-state index in [-0.39, 0.29) is 5.56 Å². The fraction of sp³-hybridized carbons (Fsp3) is 0.312. The standard InChI is InChI=1S/C16H18F2N2O/c1-20(11-12-2-5-19-6-3-12)7-4-16(21)13-8-14(17)10-15(18)9-13/h2-3,5-6,8-10,16,21H,4,7,11H2,1H3. The van der Waals surface area contributed by atoms with Gasteiger partial charge < -0.3 is 10.0 Å². The van der Waals surface area contributed by atoms with Crippen molar-refractivity contribution in [2.45, 2.75) is 19.1 Å². The number of hydrogen-bond acceptors (Lipinski definition) is 3. The van der Waals surface area contributed by atoms with Crippen molar-refractivity contribution in [3.63, 3.8) is 0 Å². The van der Waals surface area contributed by atoms with E-state index in [1.807, 2.05) is 24.1 Å². The minimum Gasteiger partial charge on any atom is -0.388 e. The van der Waals surface area contributed by atoms with E-state index in [0.717, 1.165) is 30.3 Å². The second-order valence-corrected chi connectivity index (χ2v) is 5.10. The molecular weight excluding hydrogens is 274 g/mol. The molecule has 1 atom stereocenters. The first-order chi connectivity index (χ1) is 10.0. The maximum atomic E-state index is 13.1. The van der Waals surface area contributed by atoms with Crippen LogP contribution in [0.1, 0.15) is 23.7 Å². The molecule has 21 heavy (non-hydrogen) atoms. The summed E-state index contributed by atoms with van der Waals surface area (Å²) in [6.45, 7) is 1.34. The van der Waals surface area contributed by atoms with Gasteiger partial charge in [0, 0.05) is 31.5 Å². The van der Waals surface area contributed by atoms with Crippen molar-refractivity contribution in [2.75, 3.05) is 13.6 Å². The highest BCUT2D eigenvalue weighted by Crippen LogP contribution is 2.19. The molecule has 112 valence electrons. The van der Waals surface area contributed by atoms with Crippen molar-refractivity contribution in [1.82, 2.24) is 9.88 Å². The first kappa shape index (κ1) is 15.5.